The van der Waals surface area contributed by atoms with E-state index < -0.39 is 0 Å². The summed E-state index contributed by atoms with van der Waals surface area (Å²) in [6.45, 7) is 0. The van der Waals surface area contributed by atoms with E-state index in [1.54, 1.807) is 6.08 Å². The number of esters is 1. The largest absolute Gasteiger partial charge is 0.454 e. The minimum Gasteiger partial charge on any atom is -0.454 e. The third kappa shape index (κ3) is 2.82. The second-order valence-corrected chi connectivity index (χ2v) is 6.54. The number of cyclic esters (lactones) is 1. The van der Waals surface area contributed by atoms with Crippen molar-refractivity contribution < 1.29 is 9.53 Å². The summed E-state index contributed by atoms with van der Waals surface area (Å²) >= 11 is 3.48. The zero-order valence-corrected chi connectivity index (χ0v) is 13.8. The highest BCUT2D eigenvalue weighted by Gasteiger charge is 2.24. The summed E-state index contributed by atoms with van der Waals surface area (Å²) < 4.78 is 6.52. The molecule has 3 aromatic rings. The average molecular weight is 368 g/mol. The lowest BCUT2D eigenvalue weighted by Crippen LogP contribution is -2.15. The minimum atomic E-state index is -0.292. The van der Waals surface area contributed by atoms with E-state index in [9.17, 15) is 4.79 Å². The Hall–Kier alpha value is -2.33. The highest BCUT2D eigenvalue weighted by molar-refractivity contribution is 9.10. The summed E-state index contributed by atoms with van der Waals surface area (Å²) in [6, 6.07) is 18.0. The average Bonchev–Trinajstić information content (AvgIpc) is 2.98. The number of hydrogen-bond donors (Lipinski definition) is 1. The Balaban J connectivity index is 1.70. The van der Waals surface area contributed by atoms with E-state index in [4.69, 9.17) is 4.74 Å². The van der Waals surface area contributed by atoms with Gasteiger partial charge in [0.05, 0.1) is 0 Å². The van der Waals surface area contributed by atoms with Crippen molar-refractivity contribution in [3.8, 4) is 0 Å². The number of rotatable bonds is 2. The SMILES string of the molecule is O=C1C=C(c2cc3cc(Br)ccc3[nH]2)CC(c2ccccc2)O1. The van der Waals surface area contributed by atoms with Crippen molar-refractivity contribution in [2.45, 2.75) is 12.5 Å². The van der Waals surface area contributed by atoms with Gasteiger partial charge in [0.15, 0.2) is 0 Å². The van der Waals surface area contributed by atoms with Gasteiger partial charge in [0.25, 0.3) is 0 Å². The summed E-state index contributed by atoms with van der Waals surface area (Å²) in [5.74, 6) is -0.292. The molecule has 114 valence electrons. The number of benzene rings is 2. The number of H-pyrrole nitrogens is 1. The topological polar surface area (TPSA) is 42.1 Å². The molecule has 1 unspecified atom stereocenters. The second kappa shape index (κ2) is 5.70. The number of aromatic nitrogens is 1. The molecule has 0 aliphatic carbocycles. The zero-order chi connectivity index (χ0) is 15.8. The summed E-state index contributed by atoms with van der Waals surface area (Å²) in [4.78, 5) is 15.4. The van der Waals surface area contributed by atoms with Crippen LogP contribution in [0.4, 0.5) is 0 Å². The van der Waals surface area contributed by atoms with Crippen LogP contribution in [0.25, 0.3) is 16.5 Å². The van der Waals surface area contributed by atoms with Gasteiger partial charge in [-0.2, -0.15) is 0 Å². The van der Waals surface area contributed by atoms with Crippen LogP contribution in [0.5, 0.6) is 0 Å². The fraction of sp³-hybridized carbons (Fsp3) is 0.105. The number of nitrogens with one attached hydrogen (secondary N) is 1. The van der Waals surface area contributed by atoms with Gasteiger partial charge >= 0.3 is 5.97 Å². The third-order valence-corrected chi connectivity index (χ3v) is 4.55. The summed E-state index contributed by atoms with van der Waals surface area (Å²) in [5.41, 5.74) is 4.02. The van der Waals surface area contributed by atoms with Gasteiger partial charge in [0.1, 0.15) is 6.10 Å². The molecule has 1 aromatic heterocycles. The molecule has 0 saturated heterocycles. The van der Waals surface area contributed by atoms with Crippen LogP contribution in [0.15, 0.2) is 65.1 Å². The first-order valence-electron chi connectivity index (χ1n) is 7.44. The number of ether oxygens (including phenoxy) is 1. The quantitative estimate of drug-likeness (QED) is 0.647. The highest BCUT2D eigenvalue weighted by atomic mass is 79.9. The van der Waals surface area contributed by atoms with Crippen molar-refractivity contribution in [1.29, 1.82) is 0 Å². The van der Waals surface area contributed by atoms with Crippen molar-refractivity contribution in [1.82, 2.24) is 4.98 Å². The Morgan fingerprint density at radius 2 is 1.91 bits per heavy atom. The van der Waals surface area contributed by atoms with Crippen molar-refractivity contribution in [2.75, 3.05) is 0 Å². The van der Waals surface area contributed by atoms with Gasteiger partial charge in [-0.1, -0.05) is 46.3 Å². The van der Waals surface area contributed by atoms with Gasteiger partial charge in [0.2, 0.25) is 0 Å². The number of carbonyl (C=O) groups is 1. The molecule has 1 N–H and O–H groups in total. The fourth-order valence-corrected chi connectivity index (χ4v) is 3.31. The third-order valence-electron chi connectivity index (χ3n) is 4.06. The van der Waals surface area contributed by atoms with Crippen LogP contribution in [0.2, 0.25) is 0 Å². The first kappa shape index (κ1) is 14.3. The molecule has 1 aliphatic rings. The van der Waals surface area contributed by atoms with Crippen LogP contribution in [-0.2, 0) is 9.53 Å². The molecule has 0 saturated carbocycles. The van der Waals surface area contributed by atoms with Gasteiger partial charge in [-0.15, -0.1) is 0 Å². The number of aromatic amines is 1. The second-order valence-electron chi connectivity index (χ2n) is 5.62. The molecule has 2 aromatic carbocycles. The smallest absolute Gasteiger partial charge is 0.331 e. The monoisotopic (exact) mass is 367 g/mol. The fourth-order valence-electron chi connectivity index (χ4n) is 2.93. The van der Waals surface area contributed by atoms with Crippen LogP contribution in [0.1, 0.15) is 23.8 Å². The normalized spacial score (nSPS) is 17.9. The van der Waals surface area contributed by atoms with E-state index >= 15 is 0 Å². The Morgan fingerprint density at radius 1 is 1.09 bits per heavy atom. The molecule has 0 radical (unpaired) electrons. The van der Waals surface area contributed by atoms with E-state index in [1.807, 2.05) is 42.5 Å². The van der Waals surface area contributed by atoms with E-state index in [2.05, 4.69) is 33.0 Å². The Morgan fingerprint density at radius 3 is 2.74 bits per heavy atom. The van der Waals surface area contributed by atoms with Gasteiger partial charge in [0, 0.05) is 33.6 Å². The lowest BCUT2D eigenvalue weighted by atomic mass is 9.97. The molecular formula is C19H14BrNO2. The maximum Gasteiger partial charge on any atom is 0.331 e. The molecule has 2 heterocycles. The van der Waals surface area contributed by atoms with Crippen LogP contribution >= 0.6 is 15.9 Å². The van der Waals surface area contributed by atoms with E-state index in [0.717, 1.165) is 32.2 Å². The molecular weight excluding hydrogens is 354 g/mol. The van der Waals surface area contributed by atoms with Gasteiger partial charge in [-0.05, 0) is 35.4 Å². The maximum absolute atomic E-state index is 12.0. The van der Waals surface area contributed by atoms with Crippen LogP contribution in [-0.4, -0.2) is 11.0 Å². The number of hydrogen-bond acceptors (Lipinski definition) is 2. The molecule has 4 heteroatoms. The van der Waals surface area contributed by atoms with Crippen molar-refractivity contribution in [3.63, 3.8) is 0 Å². The summed E-state index contributed by atoms with van der Waals surface area (Å²) in [6.07, 6.45) is 2.02. The standard InChI is InChI=1S/C19H14BrNO2/c20-15-6-7-16-13(8-15)9-17(21-16)14-10-18(23-19(22)11-14)12-4-2-1-3-5-12/h1-9,11,18,21H,10H2. The molecule has 4 rings (SSSR count). The maximum atomic E-state index is 12.0. The van der Waals surface area contributed by atoms with Crippen LogP contribution in [0, 0.1) is 0 Å². The molecule has 23 heavy (non-hydrogen) atoms. The predicted octanol–water partition coefficient (Wildman–Crippen LogP) is 5.00. The van der Waals surface area contributed by atoms with Crippen molar-refractivity contribution >= 4 is 38.4 Å². The lowest BCUT2D eigenvalue weighted by Gasteiger charge is -2.23. The van der Waals surface area contributed by atoms with E-state index in [-0.39, 0.29) is 12.1 Å². The Bertz CT molecular complexity index is 912. The van der Waals surface area contributed by atoms with Gasteiger partial charge in [-0.25, -0.2) is 4.79 Å². The number of fused-ring (bicyclic) bond motifs is 1. The van der Waals surface area contributed by atoms with E-state index in [1.165, 1.54) is 0 Å². The Labute approximate surface area is 142 Å². The highest BCUT2D eigenvalue weighted by Crippen LogP contribution is 2.35. The molecule has 0 amide bonds. The molecule has 1 atom stereocenters. The van der Waals surface area contributed by atoms with Gasteiger partial charge < -0.3 is 9.72 Å². The molecule has 1 aliphatic heterocycles. The molecule has 0 spiro atoms. The summed E-state index contributed by atoms with van der Waals surface area (Å²) in [5, 5.41) is 1.12. The van der Waals surface area contributed by atoms with Crippen LogP contribution in [0.3, 0.4) is 0 Å². The Kier molecular flexibility index (Phi) is 3.54. The number of carbonyl (C=O) groups excluding carboxylic acids is 1. The molecule has 0 fully saturated rings. The van der Waals surface area contributed by atoms with Crippen molar-refractivity contribution in [2.24, 2.45) is 0 Å². The predicted molar refractivity (Wildman–Crippen MR) is 93.9 cm³/mol. The molecule has 0 bridgehead atoms. The first-order valence-corrected chi connectivity index (χ1v) is 8.23. The first-order chi connectivity index (χ1) is 11.2. The van der Waals surface area contributed by atoms with E-state index in [0.29, 0.717) is 6.42 Å². The van der Waals surface area contributed by atoms with Gasteiger partial charge in [-0.3, -0.25) is 0 Å². The minimum absolute atomic E-state index is 0.234. The van der Waals surface area contributed by atoms with Crippen LogP contribution < -0.4 is 0 Å². The molecule has 3 nitrogen and oxygen atoms in total. The lowest BCUT2D eigenvalue weighted by molar-refractivity contribution is -0.144. The van der Waals surface area contributed by atoms with Crippen molar-refractivity contribution in [3.05, 3.63) is 76.4 Å². The number of halogens is 1. The zero-order valence-electron chi connectivity index (χ0n) is 12.3. The summed E-state index contributed by atoms with van der Waals surface area (Å²) in [7, 11) is 0.